The highest BCUT2D eigenvalue weighted by Gasteiger charge is 2.22. The first-order chi connectivity index (χ1) is 8.75. The van der Waals surface area contributed by atoms with Crippen LogP contribution in [0.15, 0.2) is 42.7 Å². The summed E-state index contributed by atoms with van der Waals surface area (Å²) in [5.41, 5.74) is 7.93. The molecule has 2 aromatic rings. The zero-order valence-electron chi connectivity index (χ0n) is 9.80. The van der Waals surface area contributed by atoms with Crippen molar-refractivity contribution in [3.8, 4) is 11.4 Å². The molecule has 1 aromatic heterocycles. The number of benzene rings is 1. The first-order valence-electron chi connectivity index (χ1n) is 5.82. The highest BCUT2D eigenvalue weighted by molar-refractivity contribution is 5.92. The Morgan fingerprint density at radius 3 is 2.72 bits per heavy atom. The van der Waals surface area contributed by atoms with E-state index in [0.717, 1.165) is 24.5 Å². The molecule has 0 saturated heterocycles. The topological polar surface area (TPSA) is 56.2 Å². The van der Waals surface area contributed by atoms with E-state index in [0.29, 0.717) is 5.56 Å². The molecule has 4 nitrogen and oxygen atoms in total. The molecule has 0 aliphatic carbocycles. The minimum Gasteiger partial charge on any atom is -0.486 e. The Kier molecular flexibility index (Phi) is 2.48. The van der Waals surface area contributed by atoms with Crippen LogP contribution in [0.3, 0.4) is 0 Å². The van der Waals surface area contributed by atoms with E-state index in [1.807, 2.05) is 29.1 Å². The number of hydrogen-bond acceptors (Lipinski definition) is 2. The average Bonchev–Trinajstić information content (AvgIpc) is 2.87. The van der Waals surface area contributed by atoms with Gasteiger partial charge in [-0.25, -0.2) is 0 Å². The van der Waals surface area contributed by atoms with Crippen LogP contribution >= 0.6 is 0 Å². The average molecular weight is 241 g/mol. The van der Waals surface area contributed by atoms with Crippen LogP contribution in [0.1, 0.15) is 15.9 Å². The van der Waals surface area contributed by atoms with Crippen LogP contribution in [0.2, 0.25) is 0 Å². The first-order valence-corrected chi connectivity index (χ1v) is 5.82. The van der Waals surface area contributed by atoms with E-state index in [2.05, 4.69) is 6.07 Å². The second-order valence-corrected chi connectivity index (χ2v) is 4.22. The highest BCUT2D eigenvalue weighted by Crippen LogP contribution is 2.29. The van der Waals surface area contributed by atoms with Gasteiger partial charge in [-0.2, -0.15) is 4.57 Å². The van der Waals surface area contributed by atoms with Crippen LogP contribution < -0.4 is 15.0 Å². The molecule has 90 valence electrons. The third kappa shape index (κ3) is 1.72. The van der Waals surface area contributed by atoms with Crippen molar-refractivity contribution in [1.82, 2.24) is 0 Å². The van der Waals surface area contributed by atoms with Crippen molar-refractivity contribution in [2.75, 3.05) is 6.61 Å². The van der Waals surface area contributed by atoms with Crippen molar-refractivity contribution in [3.05, 3.63) is 53.9 Å². The Bertz CT molecular complexity index is 606. The van der Waals surface area contributed by atoms with E-state index in [-0.39, 0.29) is 0 Å². The fraction of sp³-hybridized carbons (Fsp3) is 0.143. The Morgan fingerprint density at radius 1 is 1.22 bits per heavy atom. The minimum atomic E-state index is -0.420. The molecule has 0 saturated carbocycles. The zero-order chi connectivity index (χ0) is 12.5. The van der Waals surface area contributed by atoms with Crippen molar-refractivity contribution < 1.29 is 14.1 Å². The van der Waals surface area contributed by atoms with Gasteiger partial charge in [0.25, 0.3) is 5.69 Å². The lowest BCUT2D eigenvalue weighted by Gasteiger charge is -2.02. The molecule has 4 heteroatoms. The van der Waals surface area contributed by atoms with Gasteiger partial charge in [-0.1, -0.05) is 12.1 Å². The van der Waals surface area contributed by atoms with Gasteiger partial charge in [0.2, 0.25) is 5.91 Å². The SMILES string of the molecule is NC(=O)c1cc[n+](-c2cccc3c2OCC3)cc1. The number of rotatable bonds is 2. The number of carbonyl (C=O) groups is 1. The summed E-state index contributed by atoms with van der Waals surface area (Å²) in [6, 6.07) is 9.49. The van der Waals surface area contributed by atoms with E-state index < -0.39 is 5.91 Å². The van der Waals surface area contributed by atoms with E-state index in [4.69, 9.17) is 10.5 Å². The van der Waals surface area contributed by atoms with Crippen molar-refractivity contribution in [1.29, 1.82) is 0 Å². The monoisotopic (exact) mass is 241 g/mol. The summed E-state index contributed by atoms with van der Waals surface area (Å²) in [4.78, 5) is 11.0. The van der Waals surface area contributed by atoms with Crippen LogP contribution in [0.25, 0.3) is 5.69 Å². The molecule has 2 heterocycles. The predicted octanol–water partition coefficient (Wildman–Crippen LogP) is 0.997. The lowest BCUT2D eigenvalue weighted by molar-refractivity contribution is -0.596. The Balaban J connectivity index is 2.05. The maximum absolute atomic E-state index is 11.0. The summed E-state index contributed by atoms with van der Waals surface area (Å²) >= 11 is 0. The van der Waals surface area contributed by atoms with E-state index in [9.17, 15) is 4.79 Å². The predicted molar refractivity (Wildman–Crippen MR) is 65.7 cm³/mol. The molecule has 1 aromatic carbocycles. The molecular weight excluding hydrogens is 228 g/mol. The van der Waals surface area contributed by atoms with E-state index >= 15 is 0 Å². The number of hydrogen-bond donors (Lipinski definition) is 1. The number of para-hydroxylation sites is 1. The Hall–Kier alpha value is -2.36. The number of pyridine rings is 1. The lowest BCUT2D eigenvalue weighted by atomic mass is 10.1. The van der Waals surface area contributed by atoms with Gasteiger partial charge in [0, 0.05) is 30.2 Å². The number of primary amides is 1. The van der Waals surface area contributed by atoms with Crippen molar-refractivity contribution in [3.63, 3.8) is 0 Å². The molecule has 0 atom stereocenters. The molecule has 0 radical (unpaired) electrons. The van der Waals surface area contributed by atoms with Gasteiger partial charge < -0.3 is 10.5 Å². The number of nitrogens with zero attached hydrogens (tertiary/aromatic N) is 1. The third-order valence-corrected chi connectivity index (χ3v) is 3.09. The third-order valence-electron chi connectivity index (χ3n) is 3.09. The minimum absolute atomic E-state index is 0.420. The zero-order valence-corrected chi connectivity index (χ0v) is 9.80. The molecule has 18 heavy (non-hydrogen) atoms. The molecule has 1 aliphatic heterocycles. The van der Waals surface area contributed by atoms with E-state index in [1.54, 1.807) is 12.1 Å². The van der Waals surface area contributed by atoms with Crippen LogP contribution in [0.4, 0.5) is 0 Å². The first kappa shape index (κ1) is 10.8. The summed E-state index contributed by atoms with van der Waals surface area (Å²) in [5, 5.41) is 0. The normalized spacial score (nSPS) is 12.9. The summed E-state index contributed by atoms with van der Waals surface area (Å²) < 4.78 is 7.58. The van der Waals surface area contributed by atoms with Gasteiger partial charge in [-0.05, 0) is 0 Å². The maximum Gasteiger partial charge on any atom is 0.253 e. The Labute approximate surface area is 105 Å². The number of ether oxygens (including phenoxy) is 1. The molecule has 2 N–H and O–H groups in total. The maximum atomic E-state index is 11.0. The van der Waals surface area contributed by atoms with E-state index in [1.165, 1.54) is 5.56 Å². The molecule has 0 unspecified atom stereocenters. The number of aromatic nitrogens is 1. The number of nitrogens with two attached hydrogens (primary N) is 1. The van der Waals surface area contributed by atoms with Crippen molar-refractivity contribution in [2.45, 2.75) is 6.42 Å². The van der Waals surface area contributed by atoms with Crippen LogP contribution in [0, 0.1) is 0 Å². The summed E-state index contributed by atoms with van der Waals surface area (Å²) in [7, 11) is 0. The molecule has 0 spiro atoms. The molecule has 3 rings (SSSR count). The Morgan fingerprint density at radius 2 is 2.00 bits per heavy atom. The van der Waals surface area contributed by atoms with Gasteiger partial charge in [-0.3, -0.25) is 4.79 Å². The standard InChI is InChI=1S/C14H12N2O2/c15-14(17)11-4-7-16(8-5-11)12-3-1-2-10-6-9-18-13(10)12/h1-5,7-8H,6,9H2,(H-,15,17)/p+1. The van der Waals surface area contributed by atoms with Gasteiger partial charge in [0.05, 0.1) is 12.2 Å². The molecule has 0 bridgehead atoms. The van der Waals surface area contributed by atoms with Gasteiger partial charge in [-0.15, -0.1) is 0 Å². The highest BCUT2D eigenvalue weighted by atomic mass is 16.5. The van der Waals surface area contributed by atoms with Gasteiger partial charge in [0.1, 0.15) is 0 Å². The van der Waals surface area contributed by atoms with Crippen LogP contribution in [-0.2, 0) is 6.42 Å². The van der Waals surface area contributed by atoms with Crippen molar-refractivity contribution in [2.24, 2.45) is 5.73 Å². The second-order valence-electron chi connectivity index (χ2n) is 4.22. The second kappa shape index (κ2) is 4.14. The fourth-order valence-corrected chi connectivity index (χ4v) is 2.15. The molecule has 1 amide bonds. The quantitative estimate of drug-likeness (QED) is 0.797. The van der Waals surface area contributed by atoms with Crippen LogP contribution in [-0.4, -0.2) is 12.5 Å². The summed E-state index contributed by atoms with van der Waals surface area (Å²) in [5.74, 6) is 0.506. The fourth-order valence-electron chi connectivity index (χ4n) is 2.15. The summed E-state index contributed by atoms with van der Waals surface area (Å²) in [6.45, 7) is 0.728. The smallest absolute Gasteiger partial charge is 0.253 e. The van der Waals surface area contributed by atoms with Crippen LogP contribution in [0.5, 0.6) is 5.75 Å². The molecule has 0 fully saturated rings. The number of carbonyl (C=O) groups excluding carboxylic acids is 1. The van der Waals surface area contributed by atoms with Gasteiger partial charge >= 0.3 is 0 Å². The lowest BCUT2D eigenvalue weighted by Crippen LogP contribution is -2.30. The van der Waals surface area contributed by atoms with Gasteiger partial charge in [0.15, 0.2) is 18.1 Å². The summed E-state index contributed by atoms with van der Waals surface area (Å²) in [6.07, 6.45) is 4.58. The number of fused-ring (bicyclic) bond motifs is 1. The van der Waals surface area contributed by atoms with Crippen molar-refractivity contribution >= 4 is 5.91 Å². The largest absolute Gasteiger partial charge is 0.486 e. The number of amides is 1. The molecular formula is C14H13N2O2+. The molecule has 1 aliphatic rings.